The van der Waals surface area contributed by atoms with E-state index in [4.69, 9.17) is 9.47 Å². The van der Waals surface area contributed by atoms with Crippen LogP contribution in [0.15, 0.2) is 54.2 Å². The summed E-state index contributed by atoms with van der Waals surface area (Å²) in [5.74, 6) is 0.963. The maximum Gasteiger partial charge on any atom is 0.263 e. The summed E-state index contributed by atoms with van der Waals surface area (Å²) in [6.07, 6.45) is 2.04. The summed E-state index contributed by atoms with van der Waals surface area (Å²) in [5.41, 5.74) is 1.70. The SMILES string of the molecule is COc1ccc(CCNC(=O)/C(C#N)=C\N(C)c2ccc(O)cc2)cc1OC. The van der Waals surface area contributed by atoms with Crippen LogP contribution in [0.5, 0.6) is 17.2 Å². The zero-order valence-corrected chi connectivity index (χ0v) is 16.1. The lowest BCUT2D eigenvalue weighted by molar-refractivity contribution is -0.117. The fourth-order valence-corrected chi connectivity index (χ4v) is 2.55. The Morgan fingerprint density at radius 2 is 1.86 bits per heavy atom. The molecule has 0 saturated carbocycles. The number of phenolic OH excluding ortho intramolecular Hbond substituents is 1. The molecule has 0 aliphatic carbocycles. The second-order valence-corrected chi connectivity index (χ2v) is 5.98. The normalized spacial score (nSPS) is 10.7. The van der Waals surface area contributed by atoms with E-state index < -0.39 is 5.91 Å². The van der Waals surface area contributed by atoms with Gasteiger partial charge in [-0.1, -0.05) is 6.07 Å². The number of anilines is 1. The molecular weight excluding hydrogens is 358 g/mol. The van der Waals surface area contributed by atoms with Crippen LogP contribution in [-0.4, -0.2) is 38.8 Å². The van der Waals surface area contributed by atoms with Crippen molar-refractivity contribution in [2.75, 3.05) is 32.7 Å². The number of nitriles is 1. The highest BCUT2D eigenvalue weighted by Gasteiger charge is 2.11. The molecule has 0 fully saturated rings. The molecule has 0 unspecified atom stereocenters. The number of aromatic hydroxyl groups is 1. The number of amides is 1. The molecule has 0 heterocycles. The minimum absolute atomic E-state index is 0.0112. The molecule has 7 nitrogen and oxygen atoms in total. The Kier molecular flexibility index (Phi) is 7.28. The van der Waals surface area contributed by atoms with E-state index in [2.05, 4.69) is 5.32 Å². The summed E-state index contributed by atoms with van der Waals surface area (Å²) in [4.78, 5) is 13.9. The van der Waals surface area contributed by atoms with Gasteiger partial charge in [0.2, 0.25) is 0 Å². The van der Waals surface area contributed by atoms with Crippen molar-refractivity contribution in [3.8, 4) is 23.3 Å². The third kappa shape index (κ3) is 5.42. The highest BCUT2D eigenvalue weighted by Crippen LogP contribution is 2.27. The van der Waals surface area contributed by atoms with Gasteiger partial charge in [-0.15, -0.1) is 0 Å². The van der Waals surface area contributed by atoms with Crippen LogP contribution in [-0.2, 0) is 11.2 Å². The summed E-state index contributed by atoms with van der Waals surface area (Å²) in [5, 5.41) is 21.4. The van der Waals surface area contributed by atoms with Crippen LogP contribution >= 0.6 is 0 Å². The van der Waals surface area contributed by atoms with Gasteiger partial charge in [-0.25, -0.2) is 0 Å². The summed E-state index contributed by atoms with van der Waals surface area (Å²) >= 11 is 0. The average molecular weight is 381 g/mol. The van der Waals surface area contributed by atoms with E-state index in [0.29, 0.717) is 24.5 Å². The number of phenols is 1. The Morgan fingerprint density at radius 3 is 2.46 bits per heavy atom. The molecule has 0 radical (unpaired) electrons. The quantitative estimate of drug-likeness (QED) is 0.539. The topological polar surface area (TPSA) is 94.8 Å². The maximum atomic E-state index is 12.3. The lowest BCUT2D eigenvalue weighted by atomic mass is 10.1. The van der Waals surface area contributed by atoms with Gasteiger partial charge in [0.25, 0.3) is 5.91 Å². The van der Waals surface area contributed by atoms with E-state index in [9.17, 15) is 15.2 Å². The molecule has 2 aromatic carbocycles. The predicted octanol–water partition coefficient (Wildman–Crippen LogP) is 2.61. The van der Waals surface area contributed by atoms with E-state index in [1.54, 1.807) is 38.3 Å². The number of nitrogens with zero attached hydrogens (tertiary/aromatic N) is 2. The van der Waals surface area contributed by atoms with Crippen molar-refractivity contribution in [3.05, 3.63) is 59.8 Å². The van der Waals surface area contributed by atoms with E-state index in [0.717, 1.165) is 11.3 Å². The number of hydrogen-bond donors (Lipinski definition) is 2. The zero-order valence-electron chi connectivity index (χ0n) is 16.1. The first-order valence-electron chi connectivity index (χ1n) is 8.61. The number of nitrogens with one attached hydrogen (secondary N) is 1. The van der Waals surface area contributed by atoms with Gasteiger partial charge in [0.1, 0.15) is 17.4 Å². The Hall–Kier alpha value is -3.66. The summed E-state index contributed by atoms with van der Waals surface area (Å²) in [6.45, 7) is 0.371. The Balaban J connectivity index is 1.97. The molecule has 2 N–H and O–H groups in total. The first-order valence-corrected chi connectivity index (χ1v) is 8.61. The monoisotopic (exact) mass is 381 g/mol. The minimum atomic E-state index is -0.450. The van der Waals surface area contributed by atoms with E-state index in [1.807, 2.05) is 24.3 Å². The molecular formula is C21H23N3O4. The highest BCUT2D eigenvalue weighted by atomic mass is 16.5. The number of hydrogen-bond acceptors (Lipinski definition) is 6. The Labute approximate surface area is 164 Å². The molecule has 1 amide bonds. The summed E-state index contributed by atoms with van der Waals surface area (Å²) < 4.78 is 10.5. The number of ether oxygens (including phenoxy) is 2. The van der Waals surface area contributed by atoms with Crippen LogP contribution in [0, 0.1) is 11.3 Å². The van der Waals surface area contributed by atoms with Crippen LogP contribution in [0.4, 0.5) is 5.69 Å². The largest absolute Gasteiger partial charge is 0.508 e. The minimum Gasteiger partial charge on any atom is -0.508 e. The van der Waals surface area contributed by atoms with Crippen molar-refractivity contribution < 1.29 is 19.4 Å². The molecule has 0 aliphatic rings. The fourth-order valence-electron chi connectivity index (χ4n) is 2.55. The fraction of sp³-hybridized carbons (Fsp3) is 0.238. The van der Waals surface area contributed by atoms with Crippen LogP contribution < -0.4 is 19.7 Å². The van der Waals surface area contributed by atoms with E-state index in [-0.39, 0.29) is 11.3 Å². The second kappa shape index (κ2) is 9.88. The van der Waals surface area contributed by atoms with Gasteiger partial charge >= 0.3 is 0 Å². The number of carbonyl (C=O) groups excluding carboxylic acids is 1. The molecule has 0 saturated heterocycles. The van der Waals surface area contributed by atoms with Gasteiger partial charge in [0, 0.05) is 25.5 Å². The molecule has 0 spiro atoms. The third-order valence-electron chi connectivity index (χ3n) is 4.09. The van der Waals surface area contributed by atoms with Gasteiger partial charge in [-0.05, 0) is 48.4 Å². The van der Waals surface area contributed by atoms with Gasteiger partial charge in [0.15, 0.2) is 11.5 Å². The molecule has 0 aliphatic heterocycles. The first kappa shape index (κ1) is 20.6. The first-order chi connectivity index (χ1) is 13.5. The maximum absolute atomic E-state index is 12.3. The standard InChI is InChI=1S/C21H23N3O4/c1-24(17-5-7-18(25)8-6-17)14-16(13-22)21(26)23-11-10-15-4-9-19(27-2)20(12-15)28-3/h4-9,12,14,25H,10-11H2,1-3H3,(H,23,26)/b16-14-. The lowest BCUT2D eigenvalue weighted by Gasteiger charge is -2.15. The van der Waals surface area contributed by atoms with Crippen molar-refractivity contribution in [2.45, 2.75) is 6.42 Å². The molecule has 28 heavy (non-hydrogen) atoms. The molecule has 146 valence electrons. The van der Waals surface area contributed by atoms with Gasteiger partial charge in [-0.2, -0.15) is 5.26 Å². The van der Waals surface area contributed by atoms with Crippen LogP contribution in [0.2, 0.25) is 0 Å². The number of methoxy groups -OCH3 is 2. The lowest BCUT2D eigenvalue weighted by Crippen LogP contribution is -2.28. The zero-order chi connectivity index (χ0) is 20.5. The van der Waals surface area contributed by atoms with Crippen LogP contribution in [0.3, 0.4) is 0 Å². The predicted molar refractivity (Wildman–Crippen MR) is 106 cm³/mol. The molecule has 0 atom stereocenters. The third-order valence-corrected chi connectivity index (χ3v) is 4.09. The number of rotatable bonds is 8. The summed E-state index contributed by atoms with van der Waals surface area (Å²) in [7, 11) is 4.86. The van der Waals surface area contributed by atoms with Gasteiger partial charge in [0.05, 0.1) is 14.2 Å². The Bertz CT molecular complexity index is 886. The number of benzene rings is 2. The smallest absolute Gasteiger partial charge is 0.263 e. The number of carbonyl (C=O) groups is 1. The second-order valence-electron chi connectivity index (χ2n) is 5.98. The Morgan fingerprint density at radius 1 is 1.18 bits per heavy atom. The van der Waals surface area contributed by atoms with E-state index in [1.165, 1.54) is 18.3 Å². The molecule has 7 heteroatoms. The van der Waals surface area contributed by atoms with Crippen LogP contribution in [0.1, 0.15) is 5.56 Å². The summed E-state index contributed by atoms with van der Waals surface area (Å²) in [6, 6.07) is 13.9. The van der Waals surface area contributed by atoms with Crippen molar-refractivity contribution in [3.63, 3.8) is 0 Å². The molecule has 2 rings (SSSR count). The average Bonchev–Trinajstić information content (AvgIpc) is 2.71. The van der Waals surface area contributed by atoms with Crippen molar-refractivity contribution in [1.29, 1.82) is 5.26 Å². The van der Waals surface area contributed by atoms with Crippen molar-refractivity contribution in [2.24, 2.45) is 0 Å². The van der Waals surface area contributed by atoms with Gasteiger partial charge in [-0.3, -0.25) is 4.79 Å². The van der Waals surface area contributed by atoms with Crippen molar-refractivity contribution in [1.82, 2.24) is 5.32 Å². The molecule has 2 aromatic rings. The highest BCUT2D eigenvalue weighted by molar-refractivity contribution is 5.97. The molecule has 0 aromatic heterocycles. The van der Waals surface area contributed by atoms with E-state index >= 15 is 0 Å². The van der Waals surface area contributed by atoms with Crippen molar-refractivity contribution >= 4 is 11.6 Å². The van der Waals surface area contributed by atoms with Crippen LogP contribution in [0.25, 0.3) is 0 Å². The molecule has 0 bridgehead atoms. The van der Waals surface area contributed by atoms with Gasteiger partial charge < -0.3 is 24.8 Å².